The fourth-order valence-corrected chi connectivity index (χ4v) is 2.68. The first-order valence-corrected chi connectivity index (χ1v) is 8.19. The lowest BCUT2D eigenvalue weighted by Gasteiger charge is -2.03. The molecule has 5 heteroatoms. The summed E-state index contributed by atoms with van der Waals surface area (Å²) in [7, 11) is -3.48. The molecule has 98 valence electrons. The Morgan fingerprint density at radius 3 is 2.21 bits per heavy atom. The largest absolute Gasteiger partial charge is 0.280 e. The molecule has 0 aliphatic carbocycles. The number of anilines is 1. The van der Waals surface area contributed by atoms with Crippen molar-refractivity contribution in [2.45, 2.75) is 0 Å². The van der Waals surface area contributed by atoms with Crippen molar-refractivity contribution in [1.29, 1.82) is 0 Å². The van der Waals surface area contributed by atoms with Crippen molar-refractivity contribution in [2.75, 3.05) is 4.72 Å². The van der Waals surface area contributed by atoms with Gasteiger partial charge < -0.3 is 0 Å². The second-order valence-corrected chi connectivity index (χ2v) is 6.68. The molecule has 0 heterocycles. The van der Waals surface area contributed by atoms with Crippen LogP contribution in [0.2, 0.25) is 0 Å². The predicted molar refractivity (Wildman–Crippen MR) is 87.2 cm³/mol. The van der Waals surface area contributed by atoms with Crippen molar-refractivity contribution in [3.05, 3.63) is 69.1 Å². The van der Waals surface area contributed by atoms with Gasteiger partial charge in [0.2, 0.25) is 0 Å². The van der Waals surface area contributed by atoms with Crippen LogP contribution in [0.5, 0.6) is 0 Å². The van der Waals surface area contributed by atoms with Gasteiger partial charge in [0.25, 0.3) is 10.0 Å². The van der Waals surface area contributed by atoms with Crippen LogP contribution in [0.1, 0.15) is 5.56 Å². The smallest absolute Gasteiger partial charge is 0.255 e. The number of hydrogen-bond donors (Lipinski definition) is 1. The molecule has 0 unspecified atom stereocenters. The first kappa shape index (κ1) is 14.1. The zero-order valence-corrected chi connectivity index (χ0v) is 12.9. The van der Waals surface area contributed by atoms with Crippen LogP contribution in [-0.4, -0.2) is 8.42 Å². The molecule has 2 rings (SSSR count). The first-order valence-electron chi connectivity index (χ1n) is 5.57. The molecule has 0 aliphatic rings. The van der Waals surface area contributed by atoms with Gasteiger partial charge in [-0.2, -0.15) is 0 Å². The van der Waals surface area contributed by atoms with E-state index in [-0.39, 0.29) is 0 Å². The maximum absolute atomic E-state index is 11.8. The number of benzene rings is 2. The third kappa shape index (κ3) is 4.68. The van der Waals surface area contributed by atoms with Gasteiger partial charge in [-0.1, -0.05) is 30.3 Å². The molecule has 3 nitrogen and oxygen atoms in total. The van der Waals surface area contributed by atoms with Gasteiger partial charge in [-0.3, -0.25) is 4.72 Å². The van der Waals surface area contributed by atoms with E-state index in [9.17, 15) is 8.42 Å². The third-order valence-electron chi connectivity index (χ3n) is 2.34. The van der Waals surface area contributed by atoms with E-state index >= 15 is 0 Å². The van der Waals surface area contributed by atoms with E-state index in [4.69, 9.17) is 0 Å². The summed E-state index contributed by atoms with van der Waals surface area (Å²) in [6.07, 6.45) is 1.57. The standard InChI is InChI=1S/C14H12INO2S/c15-13-8-6-12(7-9-13)10-11-19(17,18)16-14-4-2-1-3-5-14/h1-11,16H/b11-10+. The lowest BCUT2D eigenvalue weighted by atomic mass is 10.2. The summed E-state index contributed by atoms with van der Waals surface area (Å²) in [6, 6.07) is 16.4. The van der Waals surface area contributed by atoms with Crippen molar-refractivity contribution in [2.24, 2.45) is 0 Å². The van der Waals surface area contributed by atoms with Gasteiger partial charge in [0.15, 0.2) is 0 Å². The van der Waals surface area contributed by atoms with E-state index in [1.165, 1.54) is 5.41 Å². The second-order valence-electron chi connectivity index (χ2n) is 3.87. The van der Waals surface area contributed by atoms with Crippen LogP contribution < -0.4 is 4.72 Å². The number of sulfonamides is 1. The maximum Gasteiger partial charge on any atom is 0.255 e. The Bertz CT molecular complexity index is 664. The molecule has 0 atom stereocenters. The number of rotatable bonds is 4. The van der Waals surface area contributed by atoms with Crippen LogP contribution in [0.25, 0.3) is 6.08 Å². The van der Waals surface area contributed by atoms with E-state index in [1.807, 2.05) is 30.3 Å². The normalized spacial score (nSPS) is 11.6. The van der Waals surface area contributed by atoms with Crippen LogP contribution in [-0.2, 0) is 10.0 Å². The minimum atomic E-state index is -3.48. The average Bonchev–Trinajstić information content (AvgIpc) is 2.39. The minimum Gasteiger partial charge on any atom is -0.280 e. The molecule has 0 saturated carbocycles. The van der Waals surface area contributed by atoms with Crippen molar-refractivity contribution < 1.29 is 8.42 Å². The molecule has 0 saturated heterocycles. The fourth-order valence-electron chi connectivity index (χ4n) is 1.45. The number of hydrogen-bond acceptors (Lipinski definition) is 2. The van der Waals surface area contributed by atoms with Gasteiger partial charge in [0, 0.05) is 9.26 Å². The van der Waals surface area contributed by atoms with Gasteiger partial charge in [-0.25, -0.2) is 8.42 Å². The molecular formula is C14H12INO2S. The highest BCUT2D eigenvalue weighted by Gasteiger charge is 2.04. The molecule has 2 aromatic carbocycles. The van der Waals surface area contributed by atoms with Crippen molar-refractivity contribution in [3.8, 4) is 0 Å². The Morgan fingerprint density at radius 1 is 0.947 bits per heavy atom. The fraction of sp³-hybridized carbons (Fsp3) is 0. The first-order chi connectivity index (χ1) is 9.05. The van der Waals surface area contributed by atoms with Crippen LogP contribution in [0.15, 0.2) is 60.0 Å². The van der Waals surface area contributed by atoms with E-state index in [0.29, 0.717) is 5.69 Å². The van der Waals surface area contributed by atoms with Crippen molar-refractivity contribution in [1.82, 2.24) is 0 Å². The minimum absolute atomic E-state index is 0.551. The van der Waals surface area contributed by atoms with E-state index in [0.717, 1.165) is 9.13 Å². The van der Waals surface area contributed by atoms with Gasteiger partial charge >= 0.3 is 0 Å². The zero-order valence-electron chi connectivity index (χ0n) is 9.95. The highest BCUT2D eigenvalue weighted by molar-refractivity contribution is 14.1. The van der Waals surface area contributed by atoms with Crippen LogP contribution >= 0.6 is 22.6 Å². The quantitative estimate of drug-likeness (QED) is 0.816. The molecule has 0 spiro atoms. The van der Waals surface area contributed by atoms with Crippen molar-refractivity contribution in [3.63, 3.8) is 0 Å². The summed E-state index contributed by atoms with van der Waals surface area (Å²) >= 11 is 2.20. The van der Waals surface area contributed by atoms with Gasteiger partial charge in [-0.05, 0) is 58.5 Å². The summed E-state index contributed by atoms with van der Waals surface area (Å²) < 4.78 is 27.3. The zero-order chi connectivity index (χ0) is 13.7. The SMILES string of the molecule is O=S(=O)(/C=C/c1ccc(I)cc1)Nc1ccccc1. The summed E-state index contributed by atoms with van der Waals surface area (Å²) in [5.41, 5.74) is 1.40. The molecule has 0 aromatic heterocycles. The van der Waals surface area contributed by atoms with E-state index in [1.54, 1.807) is 30.3 Å². The summed E-state index contributed by atoms with van der Waals surface area (Å²) in [5, 5.41) is 1.17. The lowest BCUT2D eigenvalue weighted by Crippen LogP contribution is -2.08. The van der Waals surface area contributed by atoms with Gasteiger partial charge in [0.1, 0.15) is 0 Å². The Hall–Kier alpha value is -1.34. The summed E-state index contributed by atoms with van der Waals surface area (Å²) in [6.45, 7) is 0. The molecule has 0 radical (unpaired) electrons. The Balaban J connectivity index is 2.11. The Morgan fingerprint density at radius 2 is 1.58 bits per heavy atom. The molecule has 19 heavy (non-hydrogen) atoms. The Kier molecular flexibility index (Phi) is 4.60. The predicted octanol–water partition coefficient (Wildman–Crippen LogP) is 3.70. The van der Waals surface area contributed by atoms with Crippen LogP contribution in [0.3, 0.4) is 0 Å². The maximum atomic E-state index is 11.8. The molecule has 1 N–H and O–H groups in total. The lowest BCUT2D eigenvalue weighted by molar-refractivity contribution is 0.609. The van der Waals surface area contributed by atoms with Crippen LogP contribution in [0, 0.1) is 3.57 Å². The second kappa shape index (κ2) is 6.21. The Labute approximate surface area is 126 Å². The topological polar surface area (TPSA) is 46.2 Å². The number of para-hydroxylation sites is 1. The molecule has 0 amide bonds. The molecule has 2 aromatic rings. The number of halogens is 1. The van der Waals surface area contributed by atoms with Crippen LogP contribution in [0.4, 0.5) is 5.69 Å². The summed E-state index contributed by atoms with van der Waals surface area (Å²) in [4.78, 5) is 0. The average molecular weight is 385 g/mol. The van der Waals surface area contributed by atoms with E-state index < -0.39 is 10.0 Å². The van der Waals surface area contributed by atoms with Gasteiger partial charge in [-0.15, -0.1) is 0 Å². The third-order valence-corrected chi connectivity index (χ3v) is 4.08. The molecule has 0 bridgehead atoms. The number of nitrogens with one attached hydrogen (secondary N) is 1. The summed E-state index contributed by atoms with van der Waals surface area (Å²) in [5.74, 6) is 0. The molecule has 0 fully saturated rings. The highest BCUT2D eigenvalue weighted by atomic mass is 127. The van der Waals surface area contributed by atoms with E-state index in [2.05, 4.69) is 27.3 Å². The molecular weight excluding hydrogens is 373 g/mol. The monoisotopic (exact) mass is 385 g/mol. The molecule has 0 aliphatic heterocycles. The highest BCUT2D eigenvalue weighted by Crippen LogP contribution is 2.11. The van der Waals surface area contributed by atoms with Gasteiger partial charge in [0.05, 0.1) is 5.41 Å². The van der Waals surface area contributed by atoms with Crippen molar-refractivity contribution >= 4 is 44.4 Å².